The molecule has 0 radical (unpaired) electrons. The Hall–Kier alpha value is -4.84. The number of ether oxygens (including phenoxy) is 3. The lowest BCUT2D eigenvalue weighted by molar-refractivity contribution is -0.144. The number of carbonyl (C=O) groups excluding carboxylic acids is 5. The summed E-state index contributed by atoms with van der Waals surface area (Å²) in [5.74, 6) is -1.04. The first-order valence-corrected chi connectivity index (χ1v) is 24.6. The van der Waals surface area contributed by atoms with Crippen LogP contribution in [0, 0.1) is 11.3 Å². The fourth-order valence-electron chi connectivity index (χ4n) is 9.30. The van der Waals surface area contributed by atoms with Gasteiger partial charge in [-0.25, -0.2) is 5.43 Å². The molecule has 3 aliphatic heterocycles. The largest absolute Gasteiger partial charge is 0.465 e. The Kier molecular flexibility index (Phi) is 19.4. The van der Waals surface area contributed by atoms with Crippen LogP contribution in [-0.4, -0.2) is 144 Å². The Morgan fingerprint density at radius 2 is 1.85 bits per heavy atom. The summed E-state index contributed by atoms with van der Waals surface area (Å²) in [5, 5.41) is 5.68. The van der Waals surface area contributed by atoms with Gasteiger partial charge in [0.05, 0.1) is 36.8 Å². The van der Waals surface area contributed by atoms with Crippen LogP contribution in [0.5, 0.6) is 0 Å². The molecule has 67 heavy (non-hydrogen) atoms. The van der Waals surface area contributed by atoms with Crippen molar-refractivity contribution in [2.75, 3.05) is 71.5 Å². The fourth-order valence-corrected chi connectivity index (χ4v) is 9.82. The summed E-state index contributed by atoms with van der Waals surface area (Å²) in [6.07, 6.45) is 7.25. The van der Waals surface area contributed by atoms with Crippen molar-refractivity contribution in [2.24, 2.45) is 11.3 Å². The Labute approximate surface area is 405 Å². The number of hydrogen-bond acceptors (Lipinski definition) is 11. The van der Waals surface area contributed by atoms with E-state index in [2.05, 4.69) is 87.8 Å². The predicted octanol–water partition coefficient (Wildman–Crippen LogP) is 6.05. The van der Waals surface area contributed by atoms with Crippen molar-refractivity contribution in [3.8, 4) is 11.3 Å². The molecule has 3 saturated heterocycles. The number of hydrogen-bond donors (Lipinski definition) is 2. The SMILES string of the molecule is C=CC(=O)N1CCCC1.CCn1c(-c2cccnc2C(C)OC)c(CC(C)(C)COC(C)=O)c2cc(N3CCOC(CC(NC(=O)C(C(C)C)N(C)C=O)C(=O)N4CC(Br)CCN4)C3)ccc21. The summed E-state index contributed by atoms with van der Waals surface area (Å²) in [7, 11) is 3.27. The molecule has 4 amide bonds. The van der Waals surface area contributed by atoms with Gasteiger partial charge >= 0.3 is 5.97 Å². The second-order valence-electron chi connectivity index (χ2n) is 18.9. The van der Waals surface area contributed by atoms with Crippen LogP contribution < -0.4 is 15.6 Å². The van der Waals surface area contributed by atoms with Crippen LogP contribution in [0.15, 0.2) is 49.2 Å². The molecular weight excluding hydrogens is 921 g/mol. The lowest BCUT2D eigenvalue weighted by Gasteiger charge is -2.38. The second kappa shape index (κ2) is 24.4. The maximum absolute atomic E-state index is 14.1. The van der Waals surface area contributed by atoms with E-state index in [9.17, 15) is 24.0 Å². The summed E-state index contributed by atoms with van der Waals surface area (Å²) in [6.45, 7) is 22.4. The number of likely N-dealkylation sites (tertiary alicyclic amines) is 1. The summed E-state index contributed by atoms with van der Waals surface area (Å²) in [5.41, 5.74) is 8.93. The molecule has 6 rings (SSSR count). The number of fused-ring (bicyclic) bond motifs is 1. The normalized spacial score (nSPS) is 19.0. The van der Waals surface area contributed by atoms with Crippen molar-refractivity contribution >= 4 is 62.6 Å². The smallest absolute Gasteiger partial charge is 0.302 e. The van der Waals surface area contributed by atoms with Crippen molar-refractivity contribution in [3.63, 3.8) is 0 Å². The molecule has 17 heteroatoms. The Balaban J connectivity index is 0.000000834. The molecule has 5 heterocycles. The molecule has 3 fully saturated rings. The zero-order valence-corrected chi connectivity index (χ0v) is 42.6. The van der Waals surface area contributed by atoms with E-state index in [0.29, 0.717) is 52.2 Å². The van der Waals surface area contributed by atoms with Gasteiger partial charge in [0.2, 0.25) is 18.2 Å². The van der Waals surface area contributed by atoms with E-state index in [1.165, 1.54) is 17.9 Å². The first kappa shape index (κ1) is 53.1. The minimum absolute atomic E-state index is 0.0764. The molecule has 2 N–H and O–H groups in total. The van der Waals surface area contributed by atoms with E-state index in [0.717, 1.165) is 71.5 Å². The minimum atomic E-state index is -0.887. The maximum atomic E-state index is 14.1. The molecule has 2 aromatic heterocycles. The summed E-state index contributed by atoms with van der Waals surface area (Å²) in [6, 6.07) is 8.97. The van der Waals surface area contributed by atoms with Crippen LogP contribution in [0.4, 0.5) is 5.69 Å². The van der Waals surface area contributed by atoms with Crippen LogP contribution in [0.2, 0.25) is 0 Å². The van der Waals surface area contributed by atoms with Gasteiger partial charge in [-0.05, 0) is 87.4 Å². The molecule has 1 aromatic carbocycles. The zero-order valence-electron chi connectivity index (χ0n) is 41.0. The average molecular weight is 994 g/mol. The van der Waals surface area contributed by atoms with Gasteiger partial charge in [-0.3, -0.25) is 34.0 Å². The molecule has 3 aliphatic rings. The predicted molar refractivity (Wildman–Crippen MR) is 264 cm³/mol. The number of esters is 1. The van der Waals surface area contributed by atoms with Crippen molar-refractivity contribution in [1.82, 2.24) is 35.1 Å². The Morgan fingerprint density at radius 3 is 2.48 bits per heavy atom. The summed E-state index contributed by atoms with van der Waals surface area (Å²) < 4.78 is 20.0. The van der Waals surface area contributed by atoms with E-state index in [4.69, 9.17) is 19.2 Å². The lowest BCUT2D eigenvalue weighted by Crippen LogP contribution is -2.60. The summed E-state index contributed by atoms with van der Waals surface area (Å²) in [4.78, 5) is 72.7. The topological polar surface area (TPSA) is 168 Å². The quantitative estimate of drug-likeness (QED) is 0.0660. The number of aryl methyl sites for hydroxylation is 1. The van der Waals surface area contributed by atoms with E-state index in [1.807, 2.05) is 31.7 Å². The van der Waals surface area contributed by atoms with Gasteiger partial charge in [0.1, 0.15) is 12.1 Å². The third-order valence-electron chi connectivity index (χ3n) is 12.7. The number of benzene rings is 1. The number of aromatic nitrogens is 2. The van der Waals surface area contributed by atoms with Gasteiger partial charge in [0.25, 0.3) is 5.91 Å². The minimum Gasteiger partial charge on any atom is -0.465 e. The highest BCUT2D eigenvalue weighted by Crippen LogP contribution is 2.42. The lowest BCUT2D eigenvalue weighted by atomic mass is 9.84. The molecule has 0 saturated carbocycles. The van der Waals surface area contributed by atoms with Gasteiger partial charge in [-0.15, -0.1) is 0 Å². The van der Waals surface area contributed by atoms with Gasteiger partial charge < -0.3 is 38.8 Å². The number of halogens is 1. The highest BCUT2D eigenvalue weighted by atomic mass is 79.9. The molecular formula is C50H73BrN8O8. The zero-order chi connectivity index (χ0) is 49.0. The standard InChI is InChI=1S/C43H62BrN7O7.C7H11NO/c1-10-50-37-14-13-31(20-34(37)35(22-43(6,7)25-58-29(5)53)40(50)33-12-11-16-45-38(33)28(4)56-9)49-18-19-57-32(24-49)21-36(42(55)51-23-30(44)15-17-46-51)47-41(54)39(27(2)3)48(8)26-52;1-2-7(9)8-5-3-4-6-8/h11-14,16,20,26-28,30,32,36,39,46H,10,15,17-19,21-25H2,1-9H3,(H,47,54);2H,1,3-6H2. The second-order valence-corrected chi connectivity index (χ2v) is 20.2. The third kappa shape index (κ3) is 13.7. The number of methoxy groups -OCH3 is 1. The maximum Gasteiger partial charge on any atom is 0.302 e. The number of anilines is 1. The first-order chi connectivity index (χ1) is 31.9. The monoisotopic (exact) mass is 992 g/mol. The molecule has 5 atom stereocenters. The third-order valence-corrected chi connectivity index (χ3v) is 13.5. The molecule has 0 bridgehead atoms. The van der Waals surface area contributed by atoms with Crippen molar-refractivity contribution in [3.05, 3.63) is 60.4 Å². The molecule has 5 unspecified atom stereocenters. The number of amides is 4. The number of nitrogens with zero attached hydrogens (tertiary/aromatic N) is 6. The highest BCUT2D eigenvalue weighted by molar-refractivity contribution is 9.09. The van der Waals surface area contributed by atoms with E-state index < -0.39 is 12.1 Å². The molecule has 0 spiro atoms. The van der Waals surface area contributed by atoms with Crippen LogP contribution in [0.3, 0.4) is 0 Å². The van der Waals surface area contributed by atoms with Crippen molar-refractivity contribution < 1.29 is 38.2 Å². The Bertz CT molecular complexity index is 2190. The van der Waals surface area contributed by atoms with Gasteiger partial charge in [-0.1, -0.05) is 50.2 Å². The number of carbonyl (C=O) groups is 5. The molecule has 368 valence electrons. The number of hydrazine groups is 1. The van der Waals surface area contributed by atoms with Crippen LogP contribution in [0.25, 0.3) is 22.2 Å². The average Bonchev–Trinajstić information content (AvgIpc) is 3.96. The molecule has 3 aromatic rings. The molecule has 16 nitrogen and oxygen atoms in total. The number of rotatable bonds is 18. The van der Waals surface area contributed by atoms with E-state index in [1.54, 1.807) is 25.4 Å². The number of likely N-dealkylation sites (N-methyl/N-ethyl adjacent to an activating group) is 1. The van der Waals surface area contributed by atoms with E-state index >= 15 is 0 Å². The van der Waals surface area contributed by atoms with Gasteiger partial charge in [0, 0.05) is 112 Å². The first-order valence-electron chi connectivity index (χ1n) is 23.6. The van der Waals surface area contributed by atoms with Crippen LogP contribution >= 0.6 is 15.9 Å². The van der Waals surface area contributed by atoms with Crippen molar-refractivity contribution in [2.45, 2.75) is 116 Å². The number of morpholine rings is 1. The summed E-state index contributed by atoms with van der Waals surface area (Å²) >= 11 is 3.66. The van der Waals surface area contributed by atoms with Crippen molar-refractivity contribution in [1.29, 1.82) is 0 Å². The number of pyridine rings is 1. The number of nitrogens with one attached hydrogen (secondary N) is 2. The van der Waals surface area contributed by atoms with Crippen LogP contribution in [-0.2, 0) is 51.1 Å². The number of alkyl halides is 1. The Morgan fingerprint density at radius 1 is 1.12 bits per heavy atom. The molecule has 0 aliphatic carbocycles. The van der Waals surface area contributed by atoms with Crippen LogP contribution in [0.1, 0.15) is 91.5 Å². The van der Waals surface area contributed by atoms with E-state index in [-0.39, 0.29) is 65.1 Å². The fraction of sp³-hybridized carbons (Fsp3) is 0.600. The highest BCUT2D eigenvalue weighted by Gasteiger charge is 2.37. The van der Waals surface area contributed by atoms with Gasteiger partial charge in [-0.2, -0.15) is 0 Å². The van der Waals surface area contributed by atoms with Gasteiger partial charge in [0.15, 0.2) is 0 Å².